The van der Waals surface area contributed by atoms with E-state index >= 15 is 0 Å². The van der Waals surface area contributed by atoms with Gasteiger partial charge in [-0.1, -0.05) is 40.2 Å². The summed E-state index contributed by atoms with van der Waals surface area (Å²) in [6.45, 7) is 0. The average Bonchev–Trinajstić information content (AvgIpc) is 2.68. The summed E-state index contributed by atoms with van der Waals surface area (Å²) in [5.74, 6) is -1.07. The Labute approximate surface area is 172 Å². The Balaban J connectivity index is 1.81. The smallest absolute Gasteiger partial charge is 0.322 e. The van der Waals surface area contributed by atoms with E-state index in [1.54, 1.807) is 36.4 Å². The Morgan fingerprint density at radius 1 is 0.793 bits per heavy atom. The molecule has 3 aromatic carbocycles. The third-order valence-corrected chi connectivity index (χ3v) is 4.45. The van der Waals surface area contributed by atoms with Gasteiger partial charge in [-0.2, -0.15) is 13.2 Å². The number of para-hydroxylation sites is 1. The fourth-order valence-electron chi connectivity index (χ4n) is 2.59. The molecule has 3 rings (SSSR count). The maximum absolute atomic E-state index is 12.9. The van der Waals surface area contributed by atoms with Gasteiger partial charge >= 0.3 is 6.18 Å². The number of carbonyl (C=O) groups is 2. The number of anilines is 2. The Bertz CT molecular complexity index is 1070. The van der Waals surface area contributed by atoms with Crippen LogP contribution >= 0.6 is 15.9 Å². The molecule has 0 unspecified atom stereocenters. The van der Waals surface area contributed by atoms with Crippen molar-refractivity contribution in [1.82, 2.24) is 0 Å². The van der Waals surface area contributed by atoms with Crippen LogP contribution in [0.1, 0.15) is 26.3 Å². The van der Waals surface area contributed by atoms with E-state index in [2.05, 4.69) is 26.6 Å². The molecule has 0 heterocycles. The first kappa shape index (κ1) is 20.6. The van der Waals surface area contributed by atoms with E-state index in [4.69, 9.17) is 0 Å². The topological polar surface area (TPSA) is 58.2 Å². The zero-order valence-corrected chi connectivity index (χ0v) is 16.3. The fraction of sp³-hybridized carbons (Fsp3) is 0.0476. The van der Waals surface area contributed by atoms with Crippen LogP contribution in [0.4, 0.5) is 24.5 Å². The highest BCUT2D eigenvalue weighted by Gasteiger charge is 2.30. The molecule has 0 radical (unpaired) electrons. The Morgan fingerprint density at radius 2 is 1.52 bits per heavy atom. The van der Waals surface area contributed by atoms with Gasteiger partial charge in [0.15, 0.2) is 0 Å². The summed E-state index contributed by atoms with van der Waals surface area (Å²) in [6.07, 6.45) is -4.52. The molecule has 0 saturated heterocycles. The number of rotatable bonds is 4. The quantitative estimate of drug-likeness (QED) is 0.501. The Kier molecular flexibility index (Phi) is 6.03. The third kappa shape index (κ3) is 5.23. The molecule has 0 fully saturated rings. The zero-order chi connectivity index (χ0) is 21.0. The second-order valence-electron chi connectivity index (χ2n) is 6.04. The van der Waals surface area contributed by atoms with Crippen LogP contribution in [0.5, 0.6) is 0 Å². The molecule has 3 aromatic rings. The van der Waals surface area contributed by atoms with Crippen molar-refractivity contribution < 1.29 is 22.8 Å². The first-order chi connectivity index (χ1) is 13.7. The molecule has 0 aliphatic rings. The van der Waals surface area contributed by atoms with Gasteiger partial charge in [-0.3, -0.25) is 9.59 Å². The van der Waals surface area contributed by atoms with Crippen LogP contribution in [0.2, 0.25) is 0 Å². The first-order valence-electron chi connectivity index (χ1n) is 8.38. The number of hydrogen-bond donors (Lipinski definition) is 2. The minimum atomic E-state index is -4.52. The summed E-state index contributed by atoms with van der Waals surface area (Å²) < 4.78 is 39.3. The lowest BCUT2D eigenvalue weighted by Gasteiger charge is -2.13. The molecule has 0 aliphatic carbocycles. The van der Waals surface area contributed by atoms with Gasteiger partial charge in [0.2, 0.25) is 0 Å². The molecule has 4 nitrogen and oxygen atoms in total. The SMILES string of the molecule is O=C(Nc1ccccc1C(=O)Nc1cccc(C(F)(F)F)c1)c1cccc(Br)c1. The second kappa shape index (κ2) is 8.48. The van der Waals surface area contributed by atoms with Crippen LogP contribution in [0.25, 0.3) is 0 Å². The van der Waals surface area contributed by atoms with Gasteiger partial charge in [0.05, 0.1) is 16.8 Å². The van der Waals surface area contributed by atoms with E-state index in [1.807, 2.05) is 0 Å². The highest BCUT2D eigenvalue weighted by Crippen LogP contribution is 2.31. The monoisotopic (exact) mass is 462 g/mol. The number of alkyl halides is 3. The zero-order valence-electron chi connectivity index (χ0n) is 14.8. The number of carbonyl (C=O) groups excluding carboxylic acids is 2. The van der Waals surface area contributed by atoms with Gasteiger partial charge in [0.1, 0.15) is 0 Å². The number of halogens is 4. The van der Waals surface area contributed by atoms with Gasteiger partial charge in [0.25, 0.3) is 11.8 Å². The molecule has 0 aliphatic heterocycles. The van der Waals surface area contributed by atoms with Crippen LogP contribution in [0.3, 0.4) is 0 Å². The van der Waals surface area contributed by atoms with E-state index < -0.39 is 23.6 Å². The molecule has 2 amide bonds. The molecule has 0 atom stereocenters. The predicted octanol–water partition coefficient (Wildman–Crippen LogP) is 5.97. The minimum absolute atomic E-state index is 0.00190. The van der Waals surface area contributed by atoms with Crippen LogP contribution in [0, 0.1) is 0 Å². The van der Waals surface area contributed by atoms with Crippen LogP contribution in [-0.2, 0) is 6.18 Å². The molecule has 0 spiro atoms. The molecule has 148 valence electrons. The Morgan fingerprint density at radius 3 is 2.24 bits per heavy atom. The largest absolute Gasteiger partial charge is 0.416 e. The lowest BCUT2D eigenvalue weighted by atomic mass is 10.1. The molecule has 2 N–H and O–H groups in total. The van der Waals surface area contributed by atoms with E-state index in [1.165, 1.54) is 24.3 Å². The first-order valence-corrected chi connectivity index (χ1v) is 9.18. The van der Waals surface area contributed by atoms with E-state index in [-0.39, 0.29) is 16.9 Å². The maximum Gasteiger partial charge on any atom is 0.416 e. The fourth-order valence-corrected chi connectivity index (χ4v) is 2.99. The van der Waals surface area contributed by atoms with Crippen molar-refractivity contribution in [2.45, 2.75) is 6.18 Å². The summed E-state index contributed by atoms with van der Waals surface area (Å²) in [5.41, 5.74) is -0.132. The lowest BCUT2D eigenvalue weighted by Crippen LogP contribution is -2.18. The van der Waals surface area contributed by atoms with Crippen molar-refractivity contribution >= 4 is 39.1 Å². The van der Waals surface area contributed by atoms with Gasteiger partial charge in [0, 0.05) is 15.7 Å². The lowest BCUT2D eigenvalue weighted by molar-refractivity contribution is -0.137. The van der Waals surface area contributed by atoms with E-state index in [0.717, 1.165) is 16.6 Å². The molecule has 0 aromatic heterocycles. The third-order valence-electron chi connectivity index (χ3n) is 3.95. The Hall–Kier alpha value is -3.13. The maximum atomic E-state index is 12.9. The summed E-state index contributed by atoms with van der Waals surface area (Å²) in [6, 6.07) is 17.3. The molecular weight excluding hydrogens is 449 g/mol. The molecule has 0 saturated carbocycles. The van der Waals surface area contributed by atoms with Crippen molar-refractivity contribution in [3.63, 3.8) is 0 Å². The van der Waals surface area contributed by atoms with Crippen molar-refractivity contribution in [2.75, 3.05) is 10.6 Å². The van der Waals surface area contributed by atoms with E-state index in [0.29, 0.717) is 5.56 Å². The number of benzene rings is 3. The summed E-state index contributed by atoms with van der Waals surface area (Å²) >= 11 is 3.29. The summed E-state index contributed by atoms with van der Waals surface area (Å²) in [5, 5.41) is 5.09. The minimum Gasteiger partial charge on any atom is -0.322 e. The van der Waals surface area contributed by atoms with Crippen molar-refractivity contribution in [2.24, 2.45) is 0 Å². The number of amides is 2. The number of hydrogen-bond acceptors (Lipinski definition) is 2. The number of nitrogens with one attached hydrogen (secondary N) is 2. The van der Waals surface area contributed by atoms with Crippen LogP contribution in [0.15, 0.2) is 77.3 Å². The predicted molar refractivity (Wildman–Crippen MR) is 108 cm³/mol. The van der Waals surface area contributed by atoms with E-state index in [9.17, 15) is 22.8 Å². The normalized spacial score (nSPS) is 11.0. The second-order valence-corrected chi connectivity index (χ2v) is 6.96. The van der Waals surface area contributed by atoms with Crippen molar-refractivity contribution in [1.29, 1.82) is 0 Å². The summed E-state index contributed by atoms with van der Waals surface area (Å²) in [7, 11) is 0. The molecule has 0 bridgehead atoms. The molecule has 29 heavy (non-hydrogen) atoms. The van der Waals surface area contributed by atoms with Gasteiger partial charge in [-0.05, 0) is 48.5 Å². The van der Waals surface area contributed by atoms with Gasteiger partial charge in [-0.15, -0.1) is 0 Å². The highest BCUT2D eigenvalue weighted by atomic mass is 79.9. The van der Waals surface area contributed by atoms with Crippen LogP contribution in [-0.4, -0.2) is 11.8 Å². The molecular formula is C21H14BrF3N2O2. The summed E-state index contributed by atoms with van der Waals surface area (Å²) in [4.78, 5) is 25.1. The standard InChI is InChI=1S/C21H14BrF3N2O2/c22-15-7-3-5-13(11-15)19(28)27-18-10-2-1-9-17(18)20(29)26-16-8-4-6-14(12-16)21(23,24)25/h1-12H,(H,26,29)(H,27,28). The van der Waals surface area contributed by atoms with Gasteiger partial charge < -0.3 is 10.6 Å². The van der Waals surface area contributed by atoms with Gasteiger partial charge in [-0.25, -0.2) is 0 Å². The van der Waals surface area contributed by atoms with Crippen molar-refractivity contribution in [3.8, 4) is 0 Å². The average molecular weight is 463 g/mol. The molecule has 8 heteroatoms. The highest BCUT2D eigenvalue weighted by molar-refractivity contribution is 9.10. The van der Waals surface area contributed by atoms with Crippen LogP contribution < -0.4 is 10.6 Å². The van der Waals surface area contributed by atoms with Crippen molar-refractivity contribution in [3.05, 3.63) is 94.0 Å².